The molecule has 6 rings (SSSR count). The molecule has 0 aliphatic carbocycles. The van der Waals surface area contributed by atoms with Crippen LogP contribution in [0.1, 0.15) is 22.6 Å². The molecular formula is C27H22ClN3O3. The van der Waals surface area contributed by atoms with E-state index < -0.39 is 23.0 Å². The third kappa shape index (κ3) is 2.47. The number of likely N-dealkylation sites (N-methyl/N-ethyl adjacent to an activating group) is 2. The van der Waals surface area contributed by atoms with Gasteiger partial charge in [0.1, 0.15) is 0 Å². The molecule has 3 aromatic rings. The average molecular weight is 472 g/mol. The Balaban J connectivity index is 1.68. The fraction of sp³-hybridized carbons (Fsp3) is 0.222. The number of rotatable bonds is 2. The lowest BCUT2D eigenvalue weighted by Crippen LogP contribution is -2.62. The van der Waals surface area contributed by atoms with E-state index in [1.165, 1.54) is 0 Å². The number of ether oxygens (including phenoxy) is 1. The summed E-state index contributed by atoms with van der Waals surface area (Å²) >= 11 is 6.36. The Morgan fingerprint density at radius 3 is 2.47 bits per heavy atom. The van der Waals surface area contributed by atoms with E-state index >= 15 is 0 Å². The molecule has 1 saturated heterocycles. The van der Waals surface area contributed by atoms with Crippen LogP contribution < -0.4 is 4.90 Å². The van der Waals surface area contributed by atoms with E-state index in [4.69, 9.17) is 21.3 Å². The molecule has 1 amide bonds. The Labute approximate surface area is 202 Å². The zero-order valence-corrected chi connectivity index (χ0v) is 19.5. The predicted octanol–water partition coefficient (Wildman–Crippen LogP) is 3.98. The first-order valence-electron chi connectivity index (χ1n) is 11.1. The lowest BCUT2D eigenvalue weighted by atomic mass is 9.67. The summed E-state index contributed by atoms with van der Waals surface area (Å²) in [7, 11) is 3.62. The van der Waals surface area contributed by atoms with Crippen LogP contribution in [0.15, 0.2) is 83.9 Å². The number of carbonyl (C=O) groups is 2. The summed E-state index contributed by atoms with van der Waals surface area (Å²) < 4.78 is 5.88. The Bertz CT molecular complexity index is 1370. The van der Waals surface area contributed by atoms with Gasteiger partial charge in [0.15, 0.2) is 5.54 Å². The molecule has 3 heterocycles. The highest BCUT2D eigenvalue weighted by atomic mass is 35.5. The number of halogens is 1. The van der Waals surface area contributed by atoms with Crippen LogP contribution >= 0.6 is 11.6 Å². The summed E-state index contributed by atoms with van der Waals surface area (Å²) in [6.07, 6.45) is 0. The number of nitrogens with zero attached hydrogens (tertiary/aromatic N) is 3. The van der Waals surface area contributed by atoms with Gasteiger partial charge in [0.05, 0.1) is 0 Å². The maximum atomic E-state index is 14.2. The maximum absolute atomic E-state index is 14.2. The van der Waals surface area contributed by atoms with Gasteiger partial charge >= 0.3 is 5.97 Å². The fourth-order valence-electron chi connectivity index (χ4n) is 5.98. The summed E-state index contributed by atoms with van der Waals surface area (Å²) in [6, 6.07) is 24.4. The van der Waals surface area contributed by atoms with Crippen LogP contribution in [0.5, 0.6) is 0 Å². The Hall–Kier alpha value is -3.48. The molecule has 0 N–H and O–H groups in total. The minimum Gasteiger partial charge on any atom is -0.405 e. The second kappa shape index (κ2) is 7.26. The third-order valence-electron chi connectivity index (χ3n) is 7.40. The number of amides is 1. The molecule has 170 valence electrons. The van der Waals surface area contributed by atoms with Gasteiger partial charge in [-0.1, -0.05) is 60.1 Å². The van der Waals surface area contributed by atoms with E-state index in [9.17, 15) is 9.59 Å². The van der Waals surface area contributed by atoms with E-state index in [-0.39, 0.29) is 11.8 Å². The number of fused-ring (bicyclic) bond motifs is 3. The van der Waals surface area contributed by atoms with Crippen LogP contribution in [-0.2, 0) is 19.9 Å². The van der Waals surface area contributed by atoms with Crippen LogP contribution in [0, 0.1) is 0 Å². The van der Waals surface area contributed by atoms with Gasteiger partial charge in [-0.3, -0.25) is 9.69 Å². The van der Waals surface area contributed by atoms with Crippen molar-refractivity contribution in [1.82, 2.24) is 4.90 Å². The van der Waals surface area contributed by atoms with Crippen LogP contribution in [0.2, 0.25) is 5.02 Å². The lowest BCUT2D eigenvalue weighted by Gasteiger charge is -2.39. The number of benzene rings is 3. The quantitative estimate of drug-likeness (QED) is 0.530. The van der Waals surface area contributed by atoms with Crippen LogP contribution in [0.4, 0.5) is 5.69 Å². The molecule has 0 bridgehead atoms. The monoisotopic (exact) mass is 471 g/mol. The van der Waals surface area contributed by atoms with Gasteiger partial charge in [-0.2, -0.15) is 0 Å². The molecule has 1 fully saturated rings. The van der Waals surface area contributed by atoms with Crippen molar-refractivity contribution >= 4 is 35.1 Å². The number of hydrogen-bond acceptors (Lipinski definition) is 5. The number of carbonyl (C=O) groups excluding carboxylic acids is 2. The molecule has 34 heavy (non-hydrogen) atoms. The second-order valence-corrected chi connectivity index (χ2v) is 9.46. The molecule has 0 radical (unpaired) electrons. The fourth-order valence-corrected chi connectivity index (χ4v) is 6.18. The zero-order valence-electron chi connectivity index (χ0n) is 18.7. The van der Waals surface area contributed by atoms with E-state index in [0.29, 0.717) is 17.1 Å². The highest BCUT2D eigenvalue weighted by Crippen LogP contribution is 2.61. The van der Waals surface area contributed by atoms with Crippen molar-refractivity contribution in [3.05, 3.63) is 101 Å². The Kier molecular flexibility index (Phi) is 4.50. The van der Waals surface area contributed by atoms with Crippen molar-refractivity contribution in [3.63, 3.8) is 0 Å². The van der Waals surface area contributed by atoms with E-state index in [2.05, 4.69) is 0 Å². The number of aliphatic imine (C=N–C) groups is 1. The third-order valence-corrected chi connectivity index (χ3v) is 7.64. The number of esters is 1. The summed E-state index contributed by atoms with van der Waals surface area (Å²) in [6.45, 7) is 0.426. The van der Waals surface area contributed by atoms with Gasteiger partial charge in [0, 0.05) is 41.3 Å². The van der Waals surface area contributed by atoms with Gasteiger partial charge in [-0.05, 0) is 42.9 Å². The molecule has 0 aromatic heterocycles. The van der Waals surface area contributed by atoms with Gasteiger partial charge in [-0.15, -0.1) is 0 Å². The van der Waals surface area contributed by atoms with Crippen molar-refractivity contribution in [1.29, 1.82) is 0 Å². The highest BCUT2D eigenvalue weighted by Gasteiger charge is 2.78. The summed E-state index contributed by atoms with van der Waals surface area (Å²) in [5.41, 5.74) is 0.181. The number of likely N-dealkylation sites (tertiary alicyclic amines) is 1. The molecule has 7 heteroatoms. The molecule has 2 spiro atoms. The Morgan fingerprint density at radius 1 is 0.971 bits per heavy atom. The molecule has 0 saturated carbocycles. The zero-order chi connectivity index (χ0) is 23.7. The first-order valence-corrected chi connectivity index (χ1v) is 11.5. The average Bonchev–Trinajstić information content (AvgIpc) is 3.41. The van der Waals surface area contributed by atoms with Crippen molar-refractivity contribution in [3.8, 4) is 0 Å². The van der Waals surface area contributed by atoms with Gasteiger partial charge in [-0.25, -0.2) is 9.79 Å². The Morgan fingerprint density at radius 2 is 1.71 bits per heavy atom. The lowest BCUT2D eigenvalue weighted by molar-refractivity contribution is -0.148. The molecule has 3 aliphatic heterocycles. The van der Waals surface area contributed by atoms with Crippen molar-refractivity contribution < 1.29 is 14.3 Å². The predicted molar refractivity (Wildman–Crippen MR) is 130 cm³/mol. The minimum absolute atomic E-state index is 0.198. The van der Waals surface area contributed by atoms with E-state index in [0.717, 1.165) is 16.8 Å². The molecular weight excluding hydrogens is 450 g/mol. The van der Waals surface area contributed by atoms with Gasteiger partial charge < -0.3 is 9.64 Å². The van der Waals surface area contributed by atoms with Crippen molar-refractivity contribution in [2.24, 2.45) is 4.99 Å². The SMILES string of the molecule is CN1C(=O)[C@@]2(c3ccccc31)N(C)C[C@@H](c1cccc(Cl)c1)[C@@]21N=C(c2ccccc2)OC1=O. The number of anilines is 1. The largest absolute Gasteiger partial charge is 0.405 e. The molecule has 0 unspecified atom stereocenters. The summed E-state index contributed by atoms with van der Waals surface area (Å²) in [5.74, 6) is -0.949. The van der Waals surface area contributed by atoms with E-state index in [1.807, 2.05) is 84.7 Å². The van der Waals surface area contributed by atoms with Crippen molar-refractivity contribution in [2.75, 3.05) is 25.5 Å². The maximum Gasteiger partial charge on any atom is 0.344 e. The first-order chi connectivity index (χ1) is 16.4. The standard InChI is InChI=1S/C27H22ClN3O3/c1-30-16-21(18-11-8-12-19(28)15-18)26(25(33)34-23(29-26)17-9-4-3-5-10-17)27(30)20-13-6-7-14-22(20)31(2)24(27)32/h3-15,21H,16H2,1-2H3/t21-,26-,27+/m0/s1. The van der Waals surface area contributed by atoms with Crippen molar-refractivity contribution in [2.45, 2.75) is 17.0 Å². The second-order valence-electron chi connectivity index (χ2n) is 9.02. The van der Waals surface area contributed by atoms with Gasteiger partial charge in [0.2, 0.25) is 11.4 Å². The normalized spacial score (nSPS) is 28.0. The minimum atomic E-state index is -1.52. The van der Waals surface area contributed by atoms with Crippen LogP contribution in [0.3, 0.4) is 0 Å². The smallest absolute Gasteiger partial charge is 0.344 e. The molecule has 3 atom stereocenters. The number of para-hydroxylation sites is 1. The first kappa shape index (κ1) is 21.1. The molecule has 3 aliphatic rings. The summed E-state index contributed by atoms with van der Waals surface area (Å²) in [4.78, 5) is 36.8. The molecule has 6 nitrogen and oxygen atoms in total. The topological polar surface area (TPSA) is 62.2 Å². The van der Waals surface area contributed by atoms with Gasteiger partial charge in [0.25, 0.3) is 5.91 Å². The number of hydrogen-bond donors (Lipinski definition) is 0. The number of cyclic esters (lactones) is 1. The molecule has 3 aromatic carbocycles. The van der Waals surface area contributed by atoms with Crippen LogP contribution in [-0.4, -0.2) is 48.9 Å². The summed E-state index contributed by atoms with van der Waals surface area (Å²) in [5, 5.41) is 0.560. The van der Waals surface area contributed by atoms with E-state index in [1.54, 1.807) is 18.0 Å². The highest BCUT2D eigenvalue weighted by molar-refractivity contribution is 6.30. The van der Waals surface area contributed by atoms with Crippen LogP contribution in [0.25, 0.3) is 0 Å².